The average molecular weight is 407 g/mol. The van der Waals surface area contributed by atoms with Crippen molar-refractivity contribution in [3.63, 3.8) is 0 Å². The molecule has 1 fully saturated rings. The number of likely N-dealkylation sites (tertiary alicyclic amines) is 1. The van der Waals surface area contributed by atoms with Crippen LogP contribution in [-0.4, -0.2) is 35.3 Å². The van der Waals surface area contributed by atoms with E-state index >= 15 is 0 Å². The molecule has 1 aliphatic rings. The highest BCUT2D eigenvalue weighted by atomic mass is 16.1. The molecule has 162 valence electrons. The van der Waals surface area contributed by atoms with Crippen LogP contribution in [0, 0.1) is 11.8 Å². The second kappa shape index (κ2) is 12.0. The molecule has 1 aromatic carbocycles. The van der Waals surface area contributed by atoms with E-state index in [1.54, 1.807) is 6.20 Å². The summed E-state index contributed by atoms with van der Waals surface area (Å²) in [6.07, 6.45) is 14.7. The molecule has 0 unspecified atom stereocenters. The van der Waals surface area contributed by atoms with Crippen molar-refractivity contribution in [1.29, 1.82) is 0 Å². The fourth-order valence-electron chi connectivity index (χ4n) is 4.84. The van der Waals surface area contributed by atoms with E-state index in [0.717, 1.165) is 36.0 Å². The molecule has 30 heavy (non-hydrogen) atoms. The van der Waals surface area contributed by atoms with Crippen molar-refractivity contribution in [2.75, 3.05) is 19.6 Å². The van der Waals surface area contributed by atoms with Gasteiger partial charge in [0.2, 0.25) is 0 Å². The van der Waals surface area contributed by atoms with E-state index in [4.69, 9.17) is 0 Å². The SMILES string of the molecule is C=C[C@H]1CN(CCCCCCCC)CC[C@H]1CCC(=O)c1ccnc2ccccc12. The van der Waals surface area contributed by atoms with Gasteiger partial charge in [0, 0.05) is 30.1 Å². The molecule has 0 N–H and O–H groups in total. The second-order valence-corrected chi connectivity index (χ2v) is 8.85. The number of nitrogens with zero attached hydrogens (tertiary/aromatic N) is 2. The first-order valence-corrected chi connectivity index (χ1v) is 11.9. The van der Waals surface area contributed by atoms with Crippen molar-refractivity contribution >= 4 is 16.7 Å². The summed E-state index contributed by atoms with van der Waals surface area (Å²) in [6.45, 7) is 9.86. The molecule has 0 radical (unpaired) electrons. The first-order valence-electron chi connectivity index (χ1n) is 11.9. The van der Waals surface area contributed by atoms with Crippen LogP contribution in [0.3, 0.4) is 0 Å². The monoisotopic (exact) mass is 406 g/mol. The number of rotatable bonds is 12. The molecule has 1 aliphatic heterocycles. The van der Waals surface area contributed by atoms with Crippen LogP contribution in [-0.2, 0) is 0 Å². The predicted octanol–water partition coefficient (Wildman–Crippen LogP) is 6.68. The summed E-state index contributed by atoms with van der Waals surface area (Å²) in [5.41, 5.74) is 1.71. The molecular formula is C27H38N2O. The van der Waals surface area contributed by atoms with Crippen molar-refractivity contribution in [3.8, 4) is 0 Å². The van der Waals surface area contributed by atoms with Gasteiger partial charge < -0.3 is 4.90 Å². The first kappa shape index (κ1) is 22.7. The standard InChI is InChI=1S/C27H38N2O/c1-3-5-6-7-8-11-19-29-20-17-23(22(4-2)21-29)14-15-27(30)25-16-18-28-26-13-10-9-12-24(25)26/h4,9-10,12-13,16,18,22-23H,2-3,5-8,11,14-15,17,19-21H2,1H3/t22-,23+/m0/s1. The fraction of sp³-hybridized carbons (Fsp3) is 0.556. The summed E-state index contributed by atoms with van der Waals surface area (Å²) >= 11 is 0. The Kier molecular flexibility index (Phi) is 9.07. The molecule has 0 aliphatic carbocycles. The zero-order chi connectivity index (χ0) is 21.2. The van der Waals surface area contributed by atoms with Gasteiger partial charge in [-0.3, -0.25) is 9.78 Å². The Morgan fingerprint density at radius 1 is 1.17 bits per heavy atom. The van der Waals surface area contributed by atoms with Gasteiger partial charge in [0.05, 0.1) is 5.52 Å². The summed E-state index contributed by atoms with van der Waals surface area (Å²) in [6, 6.07) is 9.80. The largest absolute Gasteiger partial charge is 0.303 e. The van der Waals surface area contributed by atoms with Crippen LogP contribution in [0.5, 0.6) is 0 Å². The third-order valence-electron chi connectivity index (χ3n) is 6.71. The van der Waals surface area contributed by atoms with E-state index in [0.29, 0.717) is 18.3 Å². The quantitative estimate of drug-likeness (QED) is 0.224. The highest BCUT2D eigenvalue weighted by molar-refractivity contribution is 6.07. The van der Waals surface area contributed by atoms with Gasteiger partial charge in [-0.05, 0) is 56.3 Å². The molecule has 2 atom stereocenters. The Balaban J connectivity index is 1.46. The first-order chi connectivity index (χ1) is 14.7. The van der Waals surface area contributed by atoms with Crippen molar-refractivity contribution in [3.05, 3.63) is 54.7 Å². The number of fused-ring (bicyclic) bond motifs is 1. The van der Waals surface area contributed by atoms with E-state index in [9.17, 15) is 4.79 Å². The van der Waals surface area contributed by atoms with Crippen LogP contribution < -0.4 is 0 Å². The Morgan fingerprint density at radius 2 is 1.97 bits per heavy atom. The predicted molar refractivity (Wildman–Crippen MR) is 127 cm³/mol. The molecule has 3 nitrogen and oxygen atoms in total. The van der Waals surface area contributed by atoms with Gasteiger partial charge in [-0.25, -0.2) is 0 Å². The summed E-state index contributed by atoms with van der Waals surface area (Å²) < 4.78 is 0. The number of piperidine rings is 1. The van der Waals surface area contributed by atoms with E-state index in [-0.39, 0.29) is 5.78 Å². The highest BCUT2D eigenvalue weighted by Gasteiger charge is 2.27. The number of para-hydroxylation sites is 1. The lowest BCUT2D eigenvalue weighted by molar-refractivity contribution is 0.0944. The molecule has 0 spiro atoms. The van der Waals surface area contributed by atoms with Gasteiger partial charge in [-0.1, -0.05) is 63.3 Å². The number of benzene rings is 1. The van der Waals surface area contributed by atoms with Gasteiger partial charge >= 0.3 is 0 Å². The zero-order valence-electron chi connectivity index (χ0n) is 18.7. The lowest BCUT2D eigenvalue weighted by atomic mass is 9.81. The number of hydrogen-bond acceptors (Lipinski definition) is 3. The number of ketones is 1. The number of unbranched alkanes of at least 4 members (excludes halogenated alkanes) is 5. The molecular weight excluding hydrogens is 368 g/mol. The molecule has 0 bridgehead atoms. The van der Waals surface area contributed by atoms with E-state index in [2.05, 4.69) is 29.5 Å². The Labute approximate surface area is 182 Å². The topological polar surface area (TPSA) is 33.2 Å². The van der Waals surface area contributed by atoms with Gasteiger partial charge in [-0.15, -0.1) is 6.58 Å². The number of pyridine rings is 1. The van der Waals surface area contributed by atoms with Crippen LogP contribution in [0.2, 0.25) is 0 Å². The molecule has 1 aromatic heterocycles. The second-order valence-electron chi connectivity index (χ2n) is 8.85. The molecule has 2 aromatic rings. The average Bonchev–Trinajstić information content (AvgIpc) is 2.79. The van der Waals surface area contributed by atoms with E-state index < -0.39 is 0 Å². The molecule has 2 heterocycles. The normalized spacial score (nSPS) is 19.8. The number of aromatic nitrogens is 1. The van der Waals surface area contributed by atoms with Crippen molar-refractivity contribution in [2.24, 2.45) is 11.8 Å². The summed E-state index contributed by atoms with van der Waals surface area (Å²) in [5.74, 6) is 1.31. The Morgan fingerprint density at radius 3 is 2.80 bits per heavy atom. The third kappa shape index (κ3) is 6.25. The number of carbonyl (C=O) groups excluding carboxylic acids is 1. The number of carbonyl (C=O) groups is 1. The Hall–Kier alpha value is -2.00. The minimum Gasteiger partial charge on any atom is -0.303 e. The zero-order valence-corrected chi connectivity index (χ0v) is 18.7. The maximum absolute atomic E-state index is 12.9. The van der Waals surface area contributed by atoms with E-state index in [1.807, 2.05) is 30.3 Å². The smallest absolute Gasteiger partial charge is 0.163 e. The number of Topliss-reactive ketones (excluding diaryl/α,β-unsaturated/α-hetero) is 1. The van der Waals surface area contributed by atoms with Crippen LogP contribution in [0.15, 0.2) is 49.2 Å². The third-order valence-corrected chi connectivity index (χ3v) is 6.71. The van der Waals surface area contributed by atoms with Gasteiger partial charge in [0.1, 0.15) is 0 Å². The lowest BCUT2D eigenvalue weighted by Gasteiger charge is -2.37. The minimum atomic E-state index is 0.242. The molecule has 1 saturated heterocycles. The molecule has 0 amide bonds. The summed E-state index contributed by atoms with van der Waals surface area (Å²) in [4.78, 5) is 19.9. The van der Waals surface area contributed by atoms with E-state index in [1.165, 1.54) is 51.5 Å². The molecule has 0 saturated carbocycles. The maximum Gasteiger partial charge on any atom is 0.163 e. The molecule has 3 heteroatoms. The van der Waals surface area contributed by atoms with Crippen LogP contribution in [0.25, 0.3) is 10.9 Å². The van der Waals surface area contributed by atoms with Gasteiger partial charge in [-0.2, -0.15) is 0 Å². The fourth-order valence-corrected chi connectivity index (χ4v) is 4.84. The lowest BCUT2D eigenvalue weighted by Crippen LogP contribution is -2.40. The van der Waals surface area contributed by atoms with Crippen LogP contribution in [0.4, 0.5) is 0 Å². The van der Waals surface area contributed by atoms with Crippen molar-refractivity contribution in [1.82, 2.24) is 9.88 Å². The highest BCUT2D eigenvalue weighted by Crippen LogP contribution is 2.30. The minimum absolute atomic E-state index is 0.242. The Bertz CT molecular complexity index is 810. The number of hydrogen-bond donors (Lipinski definition) is 0. The van der Waals surface area contributed by atoms with Crippen molar-refractivity contribution in [2.45, 2.75) is 64.7 Å². The summed E-state index contributed by atoms with van der Waals surface area (Å²) in [5, 5.41) is 0.971. The summed E-state index contributed by atoms with van der Waals surface area (Å²) in [7, 11) is 0. The van der Waals surface area contributed by atoms with Gasteiger partial charge in [0.25, 0.3) is 0 Å². The maximum atomic E-state index is 12.9. The van der Waals surface area contributed by atoms with Crippen molar-refractivity contribution < 1.29 is 4.79 Å². The van der Waals surface area contributed by atoms with Crippen LogP contribution >= 0.6 is 0 Å². The molecule has 3 rings (SSSR count). The van der Waals surface area contributed by atoms with Crippen LogP contribution in [0.1, 0.15) is 75.1 Å². The van der Waals surface area contributed by atoms with Gasteiger partial charge in [0.15, 0.2) is 5.78 Å².